The fraction of sp³-hybridized carbons (Fsp3) is 0.944. The van der Waals surface area contributed by atoms with Crippen molar-refractivity contribution in [2.24, 2.45) is 0 Å². The molecule has 0 radical (unpaired) electrons. The first-order chi connectivity index (χ1) is 14.5. The second-order valence-electron chi connectivity index (χ2n) is 8.31. The summed E-state index contributed by atoms with van der Waals surface area (Å²) in [5.41, 5.74) is -0.624. The molecule has 180 valence electrons. The van der Waals surface area contributed by atoms with Crippen molar-refractivity contribution in [1.29, 1.82) is 0 Å². The molecule has 3 heterocycles. The van der Waals surface area contributed by atoms with Gasteiger partial charge in [0.2, 0.25) is 16.1 Å². The molecule has 1 unspecified atom stereocenters. The largest absolute Gasteiger partial charge is 0.434 e. The molecule has 0 saturated carbocycles. The molecule has 13 heteroatoms. The number of amides is 1. The van der Waals surface area contributed by atoms with Crippen LogP contribution >= 0.6 is 0 Å². The highest BCUT2D eigenvalue weighted by Gasteiger charge is 2.48. The Morgan fingerprint density at radius 3 is 2.45 bits per heavy atom. The fourth-order valence-corrected chi connectivity index (χ4v) is 6.13. The lowest BCUT2D eigenvalue weighted by Crippen LogP contribution is -2.49. The van der Waals surface area contributed by atoms with E-state index in [1.54, 1.807) is 7.05 Å². The van der Waals surface area contributed by atoms with Gasteiger partial charge in [0.25, 0.3) is 0 Å². The Balaban J connectivity index is 1.54. The van der Waals surface area contributed by atoms with Gasteiger partial charge in [-0.2, -0.15) is 17.5 Å². The quantitative estimate of drug-likeness (QED) is 0.636. The lowest BCUT2D eigenvalue weighted by Gasteiger charge is -2.39. The van der Waals surface area contributed by atoms with Gasteiger partial charge in [-0.3, -0.25) is 0 Å². The van der Waals surface area contributed by atoms with Crippen LogP contribution in [-0.2, 0) is 24.2 Å². The molecule has 0 aliphatic carbocycles. The molecule has 0 aromatic heterocycles. The molecule has 9 nitrogen and oxygen atoms in total. The van der Waals surface area contributed by atoms with Crippen LogP contribution in [-0.4, -0.2) is 105 Å². The van der Waals surface area contributed by atoms with Crippen LogP contribution in [0.2, 0.25) is 0 Å². The zero-order valence-electron chi connectivity index (χ0n) is 17.3. The molecule has 31 heavy (non-hydrogen) atoms. The van der Waals surface area contributed by atoms with Gasteiger partial charge in [0.05, 0.1) is 30.1 Å². The van der Waals surface area contributed by atoms with Crippen LogP contribution in [0.25, 0.3) is 0 Å². The van der Waals surface area contributed by atoms with Crippen molar-refractivity contribution >= 4 is 16.1 Å². The number of nitrogens with zero attached hydrogens (tertiary/aromatic N) is 2. The van der Waals surface area contributed by atoms with E-state index in [9.17, 15) is 26.4 Å². The molecule has 1 spiro atoms. The van der Waals surface area contributed by atoms with Gasteiger partial charge in [0.1, 0.15) is 0 Å². The molecule has 2 atom stereocenters. The number of piperidine rings is 1. The van der Waals surface area contributed by atoms with E-state index in [2.05, 4.69) is 4.74 Å². The number of ether oxygens (including phenoxy) is 3. The van der Waals surface area contributed by atoms with Crippen LogP contribution in [0.5, 0.6) is 0 Å². The van der Waals surface area contributed by atoms with Crippen molar-refractivity contribution in [2.45, 2.75) is 61.3 Å². The van der Waals surface area contributed by atoms with Gasteiger partial charge >= 0.3 is 12.3 Å². The topological polar surface area (TPSA) is 106 Å². The predicted octanol–water partition coefficient (Wildman–Crippen LogP) is 1.11. The Kier molecular flexibility index (Phi) is 7.41. The zero-order valence-corrected chi connectivity index (χ0v) is 18.2. The number of likely N-dealkylation sites (tertiary alicyclic amines) is 1. The van der Waals surface area contributed by atoms with E-state index in [0.717, 1.165) is 4.90 Å². The van der Waals surface area contributed by atoms with Gasteiger partial charge in [-0.05, 0) is 32.1 Å². The summed E-state index contributed by atoms with van der Waals surface area (Å²) in [6, 6.07) is -0.338. The Hall–Kier alpha value is -1.15. The minimum absolute atomic E-state index is 0.123. The first-order valence-electron chi connectivity index (χ1n) is 10.3. The van der Waals surface area contributed by atoms with Crippen LogP contribution in [0.15, 0.2) is 0 Å². The summed E-state index contributed by atoms with van der Waals surface area (Å²) in [4.78, 5) is 13.2. The minimum atomic E-state index is -4.84. The third-order valence-corrected chi connectivity index (χ3v) is 8.82. The van der Waals surface area contributed by atoms with Crippen molar-refractivity contribution in [3.8, 4) is 0 Å². The second-order valence-corrected chi connectivity index (χ2v) is 10.6. The summed E-state index contributed by atoms with van der Waals surface area (Å²) in [5.74, 6) is 0. The molecule has 1 N–H and O–H groups in total. The highest BCUT2D eigenvalue weighted by molar-refractivity contribution is 7.89. The first-order valence-corrected chi connectivity index (χ1v) is 11.8. The average Bonchev–Trinajstić information content (AvgIpc) is 3.14. The van der Waals surface area contributed by atoms with Crippen LogP contribution < -0.4 is 0 Å². The zero-order chi connectivity index (χ0) is 22.9. The number of carbonyl (C=O) groups excluding carboxylic acids is 1. The standard InChI is InChI=1S/C18H29F3N2O7S/c1-22(31(26,27)14-2-8-28-9-3-14)13-10-17(29-12-13)4-6-23(7-5-17)16(25)30-15(11-24)18(19,20)21/h13-15,24H,2-12H2,1H3/t13?,15-/m1/s1. The van der Waals surface area contributed by atoms with E-state index in [0.29, 0.717) is 45.3 Å². The Morgan fingerprint density at radius 2 is 1.90 bits per heavy atom. The summed E-state index contributed by atoms with van der Waals surface area (Å²) in [5, 5.41) is 8.34. The van der Waals surface area contributed by atoms with E-state index < -0.39 is 45.9 Å². The number of hydrogen-bond acceptors (Lipinski definition) is 7. The van der Waals surface area contributed by atoms with Crippen molar-refractivity contribution in [1.82, 2.24) is 9.21 Å². The molecule has 0 bridgehead atoms. The number of alkyl halides is 3. The normalized spacial score (nSPS) is 26.4. The lowest BCUT2D eigenvalue weighted by molar-refractivity contribution is -0.215. The SMILES string of the molecule is CN(C1COC2(CCN(C(=O)O[C@H](CO)C(F)(F)F)CC2)C1)S(=O)(=O)C1CCOCC1. The van der Waals surface area contributed by atoms with Crippen molar-refractivity contribution in [3.63, 3.8) is 0 Å². The molecule has 0 aromatic rings. The maximum atomic E-state index is 12.9. The van der Waals surface area contributed by atoms with E-state index in [-0.39, 0.29) is 25.7 Å². The minimum Gasteiger partial charge on any atom is -0.434 e. The molecule has 3 rings (SSSR count). The summed E-state index contributed by atoms with van der Waals surface area (Å²) in [6.07, 6.45) is -6.46. The molecule has 3 fully saturated rings. The van der Waals surface area contributed by atoms with Crippen LogP contribution in [0, 0.1) is 0 Å². The number of aliphatic hydroxyl groups is 1. The number of sulfonamides is 1. The predicted molar refractivity (Wildman–Crippen MR) is 102 cm³/mol. The van der Waals surface area contributed by atoms with Crippen molar-refractivity contribution in [3.05, 3.63) is 0 Å². The third-order valence-electron chi connectivity index (χ3n) is 6.40. The number of rotatable bonds is 5. The summed E-state index contributed by atoms with van der Waals surface area (Å²) in [7, 11) is -1.94. The molecule has 1 amide bonds. The Morgan fingerprint density at radius 1 is 1.29 bits per heavy atom. The van der Waals surface area contributed by atoms with E-state index in [1.807, 2.05) is 0 Å². The molecular weight excluding hydrogens is 445 g/mol. The van der Waals surface area contributed by atoms with E-state index in [1.165, 1.54) is 4.31 Å². The number of carbonyl (C=O) groups is 1. The first kappa shape index (κ1) is 24.5. The molecular formula is C18H29F3N2O7S. The second kappa shape index (κ2) is 9.38. The fourth-order valence-electron chi connectivity index (χ4n) is 4.32. The molecule has 3 aliphatic heterocycles. The summed E-state index contributed by atoms with van der Waals surface area (Å²) in [6.45, 7) is -0.0354. The Bertz CT molecular complexity index is 735. The van der Waals surface area contributed by atoms with Gasteiger partial charge in [-0.1, -0.05) is 0 Å². The molecule has 3 saturated heterocycles. The van der Waals surface area contributed by atoms with Crippen LogP contribution in [0.4, 0.5) is 18.0 Å². The summed E-state index contributed by atoms with van der Waals surface area (Å²) < 4.78 is 80.9. The summed E-state index contributed by atoms with van der Waals surface area (Å²) >= 11 is 0. The highest BCUT2D eigenvalue weighted by atomic mass is 32.2. The smallest absolute Gasteiger partial charge is 0.427 e. The van der Waals surface area contributed by atoms with Crippen LogP contribution in [0.1, 0.15) is 32.1 Å². The number of aliphatic hydroxyl groups excluding tert-OH is 1. The highest BCUT2D eigenvalue weighted by Crippen LogP contribution is 2.39. The van der Waals surface area contributed by atoms with E-state index >= 15 is 0 Å². The maximum absolute atomic E-state index is 12.9. The number of likely N-dealkylation sites (N-methyl/N-ethyl adjacent to an activating group) is 1. The molecule has 0 aromatic carbocycles. The van der Waals surface area contributed by atoms with Gasteiger partial charge in [0.15, 0.2) is 0 Å². The lowest BCUT2D eigenvalue weighted by atomic mass is 9.87. The number of hydrogen-bond donors (Lipinski definition) is 1. The number of halogens is 3. The average molecular weight is 474 g/mol. The van der Waals surface area contributed by atoms with Crippen molar-refractivity contribution in [2.75, 3.05) is 46.6 Å². The van der Waals surface area contributed by atoms with Gasteiger partial charge < -0.3 is 24.2 Å². The monoisotopic (exact) mass is 474 g/mol. The Labute approximate surface area is 179 Å². The van der Waals surface area contributed by atoms with Gasteiger partial charge in [-0.15, -0.1) is 0 Å². The van der Waals surface area contributed by atoms with Crippen LogP contribution in [0.3, 0.4) is 0 Å². The third kappa shape index (κ3) is 5.44. The maximum Gasteiger partial charge on any atom is 0.427 e. The molecule has 3 aliphatic rings. The van der Waals surface area contributed by atoms with Gasteiger partial charge in [0, 0.05) is 33.4 Å². The van der Waals surface area contributed by atoms with Crippen molar-refractivity contribution < 1.29 is 45.7 Å². The van der Waals surface area contributed by atoms with E-state index in [4.69, 9.17) is 14.6 Å². The van der Waals surface area contributed by atoms with Gasteiger partial charge in [-0.25, -0.2) is 13.2 Å².